The van der Waals surface area contributed by atoms with Crippen molar-refractivity contribution in [1.82, 2.24) is 9.78 Å². The van der Waals surface area contributed by atoms with Gasteiger partial charge in [0.2, 0.25) is 0 Å². The van der Waals surface area contributed by atoms with E-state index in [1.807, 2.05) is 20.8 Å². The van der Waals surface area contributed by atoms with E-state index in [1.165, 1.54) is 4.68 Å². The molecule has 0 amide bonds. The maximum atomic E-state index is 11.4. The Morgan fingerprint density at radius 2 is 2.07 bits per heavy atom. The highest BCUT2D eigenvalue weighted by Crippen LogP contribution is 2.19. The van der Waals surface area contributed by atoms with Crippen molar-refractivity contribution in [2.75, 3.05) is 0 Å². The Morgan fingerprint density at radius 3 is 2.50 bits per heavy atom. The van der Waals surface area contributed by atoms with Crippen LogP contribution in [0.5, 0.6) is 0 Å². The van der Waals surface area contributed by atoms with E-state index in [2.05, 4.69) is 5.10 Å². The molecule has 0 aliphatic rings. The van der Waals surface area contributed by atoms with Crippen LogP contribution in [0.25, 0.3) is 0 Å². The minimum Gasteiger partial charge on any atom is -0.391 e. The summed E-state index contributed by atoms with van der Waals surface area (Å²) in [6.07, 6.45) is 0. The lowest BCUT2D eigenvalue weighted by Crippen LogP contribution is -2.28. The van der Waals surface area contributed by atoms with Crippen molar-refractivity contribution in [3.05, 3.63) is 27.7 Å². The Bertz CT molecular complexity index is 388. The second-order valence-electron chi connectivity index (χ2n) is 4.39. The topological polar surface area (TPSA) is 55.1 Å². The van der Waals surface area contributed by atoms with Crippen molar-refractivity contribution < 1.29 is 5.11 Å². The normalized spacial score (nSPS) is 11.8. The molecule has 0 unspecified atom stereocenters. The third-order valence-electron chi connectivity index (χ3n) is 2.08. The molecule has 4 nitrogen and oxygen atoms in total. The average molecular weight is 196 g/mol. The van der Waals surface area contributed by atoms with Gasteiger partial charge in [-0.2, -0.15) is 5.10 Å². The van der Waals surface area contributed by atoms with E-state index < -0.39 is 0 Å². The average Bonchev–Trinajstić information content (AvgIpc) is 2.07. The number of hydrogen-bond acceptors (Lipinski definition) is 3. The van der Waals surface area contributed by atoms with Gasteiger partial charge in [-0.15, -0.1) is 0 Å². The molecule has 4 heteroatoms. The third kappa shape index (κ3) is 2.01. The highest BCUT2D eigenvalue weighted by atomic mass is 16.3. The van der Waals surface area contributed by atoms with Crippen LogP contribution in [0.1, 0.15) is 32.0 Å². The van der Waals surface area contributed by atoms with Crippen molar-refractivity contribution in [2.24, 2.45) is 7.05 Å². The van der Waals surface area contributed by atoms with Crippen molar-refractivity contribution in [1.29, 1.82) is 0 Å². The van der Waals surface area contributed by atoms with Gasteiger partial charge in [-0.25, -0.2) is 4.68 Å². The Kier molecular flexibility index (Phi) is 2.76. The minimum atomic E-state index is -0.238. The Morgan fingerprint density at radius 1 is 1.50 bits per heavy atom. The molecule has 0 atom stereocenters. The van der Waals surface area contributed by atoms with Gasteiger partial charge in [-0.05, 0) is 6.07 Å². The third-order valence-corrected chi connectivity index (χ3v) is 2.08. The molecule has 0 saturated heterocycles. The maximum absolute atomic E-state index is 11.4. The number of aryl methyl sites for hydroxylation is 1. The zero-order valence-corrected chi connectivity index (χ0v) is 9.03. The molecule has 0 radical (unpaired) electrons. The van der Waals surface area contributed by atoms with Crippen LogP contribution >= 0.6 is 0 Å². The first-order chi connectivity index (χ1) is 6.36. The molecule has 1 rings (SSSR count). The SMILES string of the molecule is Cn1nc(C(C)(C)C)cc(CO)c1=O. The summed E-state index contributed by atoms with van der Waals surface area (Å²) < 4.78 is 1.27. The molecule has 0 bridgehead atoms. The van der Waals surface area contributed by atoms with Gasteiger partial charge in [0.05, 0.1) is 12.3 Å². The van der Waals surface area contributed by atoms with Gasteiger partial charge in [0.1, 0.15) is 0 Å². The lowest BCUT2D eigenvalue weighted by molar-refractivity contribution is 0.278. The Balaban J connectivity index is 3.38. The molecular weight excluding hydrogens is 180 g/mol. The summed E-state index contributed by atoms with van der Waals surface area (Å²) in [6.45, 7) is 5.81. The molecule has 0 saturated carbocycles. The van der Waals surface area contributed by atoms with E-state index in [0.29, 0.717) is 5.56 Å². The Labute approximate surface area is 83.2 Å². The monoisotopic (exact) mass is 196 g/mol. The first-order valence-electron chi connectivity index (χ1n) is 4.55. The summed E-state index contributed by atoms with van der Waals surface area (Å²) in [5.41, 5.74) is 0.853. The standard InChI is InChI=1S/C10H16N2O2/c1-10(2,3)8-5-7(6-13)9(14)12(4)11-8/h5,13H,6H2,1-4H3. The van der Waals surface area contributed by atoms with E-state index in [4.69, 9.17) is 5.11 Å². The summed E-state index contributed by atoms with van der Waals surface area (Å²) in [7, 11) is 1.59. The van der Waals surface area contributed by atoms with E-state index in [-0.39, 0.29) is 17.6 Å². The second-order valence-corrected chi connectivity index (χ2v) is 4.39. The van der Waals surface area contributed by atoms with Crippen molar-refractivity contribution in [3.8, 4) is 0 Å². The van der Waals surface area contributed by atoms with Gasteiger partial charge in [0.25, 0.3) is 5.56 Å². The fourth-order valence-corrected chi connectivity index (χ4v) is 1.15. The lowest BCUT2D eigenvalue weighted by atomic mass is 9.91. The zero-order valence-electron chi connectivity index (χ0n) is 9.03. The van der Waals surface area contributed by atoms with Crippen LogP contribution in [0.15, 0.2) is 10.9 Å². The number of hydrogen-bond donors (Lipinski definition) is 1. The molecule has 0 aliphatic carbocycles. The van der Waals surface area contributed by atoms with Crippen molar-refractivity contribution in [2.45, 2.75) is 32.8 Å². The molecule has 1 heterocycles. The molecule has 1 aromatic rings. The number of aliphatic hydroxyl groups is 1. The quantitative estimate of drug-likeness (QED) is 0.714. The van der Waals surface area contributed by atoms with Crippen LogP contribution in [0, 0.1) is 0 Å². The smallest absolute Gasteiger partial charge is 0.272 e. The van der Waals surface area contributed by atoms with Gasteiger partial charge in [0, 0.05) is 18.0 Å². The number of aromatic nitrogens is 2. The molecule has 0 aliphatic heterocycles. The predicted molar refractivity (Wildman–Crippen MR) is 54.1 cm³/mol. The van der Waals surface area contributed by atoms with E-state index in [1.54, 1.807) is 13.1 Å². The second kappa shape index (κ2) is 3.53. The van der Waals surface area contributed by atoms with Crippen LogP contribution in [-0.4, -0.2) is 14.9 Å². The Hall–Kier alpha value is -1.16. The molecule has 14 heavy (non-hydrogen) atoms. The summed E-state index contributed by atoms with van der Waals surface area (Å²) >= 11 is 0. The van der Waals surface area contributed by atoms with Crippen LogP contribution < -0.4 is 5.56 Å². The van der Waals surface area contributed by atoms with E-state index in [9.17, 15) is 4.79 Å². The zero-order chi connectivity index (χ0) is 10.9. The lowest BCUT2D eigenvalue weighted by Gasteiger charge is -2.18. The number of rotatable bonds is 1. The molecule has 0 aromatic carbocycles. The predicted octanol–water partition coefficient (Wildman–Crippen LogP) is 0.570. The first-order valence-corrected chi connectivity index (χ1v) is 4.55. The van der Waals surface area contributed by atoms with Gasteiger partial charge < -0.3 is 5.11 Å². The van der Waals surface area contributed by atoms with Crippen LogP contribution in [0.4, 0.5) is 0 Å². The number of aliphatic hydroxyl groups excluding tert-OH is 1. The maximum Gasteiger partial charge on any atom is 0.272 e. The van der Waals surface area contributed by atoms with Crippen LogP contribution in [0.2, 0.25) is 0 Å². The fraction of sp³-hybridized carbons (Fsp3) is 0.600. The summed E-state index contributed by atoms with van der Waals surface area (Å²) in [5, 5.41) is 13.1. The van der Waals surface area contributed by atoms with E-state index >= 15 is 0 Å². The van der Waals surface area contributed by atoms with E-state index in [0.717, 1.165) is 5.69 Å². The summed E-state index contributed by atoms with van der Waals surface area (Å²) in [6, 6.07) is 1.67. The molecular formula is C10H16N2O2. The fourth-order valence-electron chi connectivity index (χ4n) is 1.15. The van der Waals surface area contributed by atoms with Crippen molar-refractivity contribution in [3.63, 3.8) is 0 Å². The van der Waals surface area contributed by atoms with Gasteiger partial charge in [0.15, 0.2) is 0 Å². The van der Waals surface area contributed by atoms with Crippen molar-refractivity contribution >= 4 is 0 Å². The molecule has 1 N–H and O–H groups in total. The highest BCUT2D eigenvalue weighted by Gasteiger charge is 2.18. The molecule has 78 valence electrons. The van der Waals surface area contributed by atoms with Gasteiger partial charge in [-0.3, -0.25) is 4.79 Å². The molecule has 0 spiro atoms. The highest BCUT2D eigenvalue weighted by molar-refractivity contribution is 5.18. The van der Waals surface area contributed by atoms with Crippen LogP contribution in [0.3, 0.4) is 0 Å². The summed E-state index contributed by atoms with van der Waals surface area (Å²) in [5.74, 6) is 0. The summed E-state index contributed by atoms with van der Waals surface area (Å²) in [4.78, 5) is 11.4. The molecule has 0 fully saturated rings. The van der Waals surface area contributed by atoms with Gasteiger partial charge in [-0.1, -0.05) is 20.8 Å². The van der Waals surface area contributed by atoms with Crippen LogP contribution in [-0.2, 0) is 19.1 Å². The number of nitrogens with zero attached hydrogens (tertiary/aromatic N) is 2. The first kappa shape index (κ1) is 10.9. The molecule has 1 aromatic heterocycles. The van der Waals surface area contributed by atoms with Gasteiger partial charge >= 0.3 is 0 Å². The minimum absolute atomic E-state index is 0.116. The largest absolute Gasteiger partial charge is 0.391 e.